The van der Waals surface area contributed by atoms with Gasteiger partial charge in [-0.1, -0.05) is 66.7 Å². The van der Waals surface area contributed by atoms with E-state index < -0.39 is 18.0 Å². The van der Waals surface area contributed by atoms with Gasteiger partial charge in [-0.25, -0.2) is 9.59 Å². The van der Waals surface area contributed by atoms with Crippen molar-refractivity contribution in [2.24, 2.45) is 0 Å². The number of ether oxygens (including phenoxy) is 2. The largest absolute Gasteiger partial charge is 0.467 e. The van der Waals surface area contributed by atoms with Crippen molar-refractivity contribution in [1.29, 1.82) is 0 Å². The molecule has 5 nitrogen and oxygen atoms in total. The molecule has 150 valence electrons. The Balaban J connectivity index is 1.99. The summed E-state index contributed by atoms with van der Waals surface area (Å²) in [6.07, 6.45) is 0. The average Bonchev–Trinajstić information content (AvgIpc) is 3.13. The number of esters is 2. The molecule has 0 aromatic heterocycles. The molecule has 0 saturated heterocycles. The summed E-state index contributed by atoms with van der Waals surface area (Å²) in [7, 11) is 2.62. The van der Waals surface area contributed by atoms with Crippen LogP contribution in [0.5, 0.6) is 0 Å². The summed E-state index contributed by atoms with van der Waals surface area (Å²) >= 11 is 0. The Hall–Kier alpha value is -3.86. The van der Waals surface area contributed by atoms with Gasteiger partial charge in [-0.3, -0.25) is 0 Å². The van der Waals surface area contributed by atoms with Crippen LogP contribution in [0.3, 0.4) is 0 Å². The predicted octanol–water partition coefficient (Wildman–Crippen LogP) is 4.30. The van der Waals surface area contributed by atoms with Gasteiger partial charge in [0.2, 0.25) is 0 Å². The smallest absolute Gasteiger partial charge is 0.337 e. The van der Waals surface area contributed by atoms with Crippen molar-refractivity contribution in [1.82, 2.24) is 0 Å². The fourth-order valence-corrected chi connectivity index (χ4v) is 3.85. The third kappa shape index (κ3) is 3.35. The Kier molecular flexibility index (Phi) is 5.35. The van der Waals surface area contributed by atoms with Gasteiger partial charge in [0.05, 0.1) is 19.8 Å². The number of para-hydroxylation sites is 1. The second kappa shape index (κ2) is 8.25. The Labute approximate surface area is 175 Å². The molecule has 3 aromatic rings. The molecular weight excluding hydrogens is 378 g/mol. The number of anilines is 1. The first kappa shape index (κ1) is 19.5. The third-order valence-electron chi connectivity index (χ3n) is 5.17. The lowest BCUT2D eigenvalue weighted by molar-refractivity contribution is -0.144. The van der Waals surface area contributed by atoms with Crippen molar-refractivity contribution >= 4 is 23.2 Å². The van der Waals surface area contributed by atoms with Gasteiger partial charge >= 0.3 is 11.9 Å². The standard InChI is InChI=1S/C25H21NO4/c1-29-24(27)22(23(25(28)30-2)26-16-10-4-3-5-11-16)21-19-14-8-6-12-17(19)18-13-7-9-15-20(18)21/h3-15,23,26H,1-2H3. The molecular formula is C25H21NO4. The molecule has 0 bridgehead atoms. The quantitative estimate of drug-likeness (QED) is 0.401. The van der Waals surface area contributed by atoms with E-state index in [2.05, 4.69) is 5.32 Å². The molecule has 5 heteroatoms. The SMILES string of the molecule is COC(=O)C(=C1c2ccccc2-c2ccccc21)C(Nc1ccccc1)C(=O)OC. The minimum absolute atomic E-state index is 0.214. The van der Waals surface area contributed by atoms with Crippen molar-refractivity contribution in [3.63, 3.8) is 0 Å². The summed E-state index contributed by atoms with van der Waals surface area (Å²) in [5, 5.41) is 3.15. The van der Waals surface area contributed by atoms with Crippen LogP contribution < -0.4 is 5.32 Å². The van der Waals surface area contributed by atoms with Crippen LogP contribution in [0.2, 0.25) is 0 Å². The minimum atomic E-state index is -1.04. The van der Waals surface area contributed by atoms with Crippen LogP contribution in [0.15, 0.2) is 84.4 Å². The van der Waals surface area contributed by atoms with Crippen LogP contribution >= 0.6 is 0 Å². The molecule has 0 fully saturated rings. The maximum Gasteiger partial charge on any atom is 0.337 e. The highest BCUT2D eigenvalue weighted by Crippen LogP contribution is 2.46. The molecule has 1 N–H and O–H groups in total. The van der Waals surface area contributed by atoms with E-state index in [1.54, 1.807) is 0 Å². The maximum atomic E-state index is 13.0. The van der Waals surface area contributed by atoms with Gasteiger partial charge in [-0.15, -0.1) is 0 Å². The summed E-state index contributed by atoms with van der Waals surface area (Å²) in [5.74, 6) is -1.16. The number of methoxy groups -OCH3 is 2. The van der Waals surface area contributed by atoms with E-state index in [4.69, 9.17) is 9.47 Å². The molecule has 1 atom stereocenters. The summed E-state index contributed by atoms with van der Waals surface area (Å²) in [5.41, 5.74) is 5.35. The van der Waals surface area contributed by atoms with Gasteiger partial charge in [-0.2, -0.15) is 0 Å². The van der Waals surface area contributed by atoms with Crippen LogP contribution in [-0.2, 0) is 19.1 Å². The van der Waals surface area contributed by atoms with E-state index in [9.17, 15) is 9.59 Å². The van der Waals surface area contributed by atoms with E-state index in [1.165, 1.54) is 14.2 Å². The zero-order chi connectivity index (χ0) is 21.1. The highest BCUT2D eigenvalue weighted by atomic mass is 16.5. The van der Waals surface area contributed by atoms with Gasteiger partial charge in [0.15, 0.2) is 6.04 Å². The third-order valence-corrected chi connectivity index (χ3v) is 5.17. The molecule has 0 heterocycles. The highest BCUT2D eigenvalue weighted by molar-refractivity contribution is 6.14. The van der Waals surface area contributed by atoms with E-state index in [1.807, 2.05) is 78.9 Å². The monoisotopic (exact) mass is 399 g/mol. The zero-order valence-corrected chi connectivity index (χ0v) is 16.7. The molecule has 0 radical (unpaired) electrons. The van der Waals surface area contributed by atoms with Gasteiger partial charge in [0, 0.05) is 11.3 Å². The highest BCUT2D eigenvalue weighted by Gasteiger charge is 2.36. The summed E-state index contributed by atoms with van der Waals surface area (Å²) in [6, 6.07) is 23.8. The molecule has 0 amide bonds. The number of hydrogen-bond acceptors (Lipinski definition) is 5. The van der Waals surface area contributed by atoms with E-state index in [-0.39, 0.29) is 5.57 Å². The number of benzene rings is 3. The van der Waals surface area contributed by atoms with Crippen molar-refractivity contribution in [2.45, 2.75) is 6.04 Å². The van der Waals surface area contributed by atoms with Crippen molar-refractivity contribution in [3.05, 3.63) is 95.6 Å². The number of carbonyl (C=O) groups is 2. The molecule has 0 spiro atoms. The second-order valence-electron chi connectivity index (χ2n) is 6.84. The number of rotatable bonds is 5. The first-order valence-corrected chi connectivity index (χ1v) is 9.56. The van der Waals surface area contributed by atoms with E-state index >= 15 is 0 Å². The molecule has 1 aliphatic rings. The molecule has 1 aliphatic carbocycles. The molecule has 0 aliphatic heterocycles. The normalized spacial score (nSPS) is 12.4. The number of fused-ring (bicyclic) bond motifs is 3. The Morgan fingerprint density at radius 1 is 0.700 bits per heavy atom. The predicted molar refractivity (Wildman–Crippen MR) is 116 cm³/mol. The lowest BCUT2D eigenvalue weighted by Crippen LogP contribution is -2.37. The van der Waals surface area contributed by atoms with Gasteiger partial charge < -0.3 is 14.8 Å². The fraction of sp³-hybridized carbons (Fsp3) is 0.120. The Morgan fingerprint density at radius 2 is 1.20 bits per heavy atom. The van der Waals surface area contributed by atoms with Crippen LogP contribution in [0, 0.1) is 0 Å². The van der Waals surface area contributed by atoms with Crippen LogP contribution in [0.25, 0.3) is 16.7 Å². The summed E-state index contributed by atoms with van der Waals surface area (Å²) < 4.78 is 10.2. The van der Waals surface area contributed by atoms with Crippen LogP contribution in [0.4, 0.5) is 5.69 Å². The Morgan fingerprint density at radius 3 is 1.70 bits per heavy atom. The topological polar surface area (TPSA) is 64.6 Å². The zero-order valence-electron chi connectivity index (χ0n) is 16.7. The first-order chi connectivity index (χ1) is 14.7. The second-order valence-corrected chi connectivity index (χ2v) is 6.84. The maximum absolute atomic E-state index is 13.0. The lowest BCUT2D eigenvalue weighted by Gasteiger charge is -2.22. The Bertz CT molecular complexity index is 1090. The first-order valence-electron chi connectivity index (χ1n) is 9.56. The van der Waals surface area contributed by atoms with E-state index in [0.29, 0.717) is 11.3 Å². The summed E-state index contributed by atoms with van der Waals surface area (Å²) in [4.78, 5) is 25.9. The van der Waals surface area contributed by atoms with Crippen molar-refractivity contribution in [2.75, 3.05) is 19.5 Å². The van der Waals surface area contributed by atoms with Gasteiger partial charge in [0.25, 0.3) is 0 Å². The number of carbonyl (C=O) groups excluding carboxylic acids is 2. The lowest BCUT2D eigenvalue weighted by atomic mass is 9.93. The number of hydrogen-bond donors (Lipinski definition) is 1. The van der Waals surface area contributed by atoms with Gasteiger partial charge in [0.1, 0.15) is 0 Å². The molecule has 1 unspecified atom stereocenters. The minimum Gasteiger partial charge on any atom is -0.467 e. The fourth-order valence-electron chi connectivity index (χ4n) is 3.85. The molecule has 3 aromatic carbocycles. The molecule has 30 heavy (non-hydrogen) atoms. The van der Waals surface area contributed by atoms with E-state index in [0.717, 1.165) is 22.3 Å². The number of nitrogens with one attached hydrogen (secondary N) is 1. The van der Waals surface area contributed by atoms with Crippen molar-refractivity contribution in [3.8, 4) is 11.1 Å². The van der Waals surface area contributed by atoms with Gasteiger partial charge in [-0.05, 0) is 34.4 Å². The summed E-state index contributed by atoms with van der Waals surface area (Å²) in [6.45, 7) is 0. The van der Waals surface area contributed by atoms with Crippen molar-refractivity contribution < 1.29 is 19.1 Å². The average molecular weight is 399 g/mol. The van der Waals surface area contributed by atoms with Crippen LogP contribution in [0.1, 0.15) is 11.1 Å². The molecule has 4 rings (SSSR count). The molecule has 0 saturated carbocycles. The van der Waals surface area contributed by atoms with Crippen LogP contribution in [-0.4, -0.2) is 32.2 Å².